The number of imidazole rings is 2. The summed E-state index contributed by atoms with van der Waals surface area (Å²) in [6.07, 6.45) is -6.54. The van der Waals surface area contributed by atoms with Crippen LogP contribution >= 0.6 is 15.9 Å². The smallest absolute Gasteiger partial charge is 0.328 e. The molecule has 3 saturated heterocycles. The Labute approximate surface area is 245 Å². The number of rotatable bonds is 2. The summed E-state index contributed by atoms with van der Waals surface area (Å²) in [6, 6.07) is 0. The molecule has 3 fully saturated rings. The first-order valence-corrected chi connectivity index (χ1v) is 16.3. The molecule has 4 aromatic rings. The maximum Gasteiger partial charge on any atom is 0.328 e. The summed E-state index contributed by atoms with van der Waals surface area (Å²) in [5, 5.41) is 22.3. The van der Waals surface area contributed by atoms with E-state index < -0.39 is 83.7 Å². The van der Waals surface area contributed by atoms with Crippen molar-refractivity contribution in [2.24, 2.45) is 0 Å². The van der Waals surface area contributed by atoms with E-state index in [0.29, 0.717) is 0 Å². The highest BCUT2D eigenvalue weighted by Gasteiger charge is 2.51. The van der Waals surface area contributed by atoms with Crippen LogP contribution < -0.4 is 17.0 Å². The molecule has 3 aliphatic heterocycles. The maximum atomic E-state index is 13.6. The number of ether oxygens (including phenoxy) is 2. The average Bonchev–Trinajstić information content (AvgIpc) is 3.72. The Hall–Kier alpha value is -3.36. The van der Waals surface area contributed by atoms with Crippen LogP contribution in [0.25, 0.3) is 22.3 Å². The van der Waals surface area contributed by atoms with E-state index in [2.05, 4.69) is 29.9 Å². The fraction of sp³-hybridized carbons (Fsp3) is 0.524. The Morgan fingerprint density at radius 1 is 0.977 bits per heavy atom. The molecule has 7 rings (SSSR count). The number of nitrogens with one attached hydrogen (secondary N) is 1. The van der Waals surface area contributed by atoms with Crippen LogP contribution in [-0.4, -0.2) is 106 Å². The van der Waals surface area contributed by atoms with Gasteiger partial charge in [-0.05, 0) is 0 Å². The van der Waals surface area contributed by atoms with E-state index in [-0.39, 0.29) is 34.1 Å². The standard InChI is InChI=1S/C21H26N10O11P2/c1-44(36)38-3-8-13(12(33)19(40-8)30-5-26-9-15(22)24-4-25-16(9)30)41-43(35)37-2-7-11(32)14(42-44)20(39-7)31-6-27-10-17(31)28-21(23)29-18(10)34/h4-8,11-14,19-20,32-33,43H,2-3H2,1H3,(H2,22,24,25)(H3,23,28,29,34)/t7?,8?,11?,12?,13?,14?,19?,20-,44+/m1/s1. The van der Waals surface area contributed by atoms with Crippen LogP contribution in [0.2, 0.25) is 0 Å². The van der Waals surface area contributed by atoms with Gasteiger partial charge < -0.3 is 44.7 Å². The van der Waals surface area contributed by atoms with Gasteiger partial charge in [0.1, 0.15) is 48.5 Å². The van der Waals surface area contributed by atoms with Gasteiger partial charge in [0, 0.05) is 6.66 Å². The molecule has 2 bridgehead atoms. The average molecular weight is 656 g/mol. The van der Waals surface area contributed by atoms with Gasteiger partial charge in [0.2, 0.25) is 5.95 Å². The van der Waals surface area contributed by atoms with Gasteiger partial charge in [0.15, 0.2) is 35.1 Å². The summed E-state index contributed by atoms with van der Waals surface area (Å²) in [5.74, 6) is -0.0910. The molecule has 0 spiro atoms. The molecule has 0 aromatic carbocycles. The third-order valence-corrected chi connectivity index (χ3v) is 9.50. The number of nitrogens with zero attached hydrogens (tertiary/aromatic N) is 7. The molecule has 10 atom stereocenters. The third-order valence-electron chi connectivity index (χ3n) is 7.39. The number of hydrogen-bond acceptors (Lipinski definition) is 18. The van der Waals surface area contributed by atoms with Crippen LogP contribution in [0, 0.1) is 0 Å². The number of aliphatic hydroxyl groups excluding tert-OH is 2. The molecule has 23 heteroatoms. The van der Waals surface area contributed by atoms with Crippen LogP contribution in [0.15, 0.2) is 23.8 Å². The zero-order chi connectivity index (χ0) is 30.9. The summed E-state index contributed by atoms with van der Waals surface area (Å²) >= 11 is 0. The van der Waals surface area contributed by atoms with Crippen LogP contribution in [0.5, 0.6) is 0 Å². The van der Waals surface area contributed by atoms with Crippen molar-refractivity contribution in [1.82, 2.24) is 39.0 Å². The zero-order valence-corrected chi connectivity index (χ0v) is 24.5. The number of H-pyrrole nitrogens is 1. The largest absolute Gasteiger partial charge is 0.387 e. The highest BCUT2D eigenvalue weighted by molar-refractivity contribution is 7.53. The molecule has 21 nitrogen and oxygen atoms in total. The molecule has 8 unspecified atom stereocenters. The fourth-order valence-electron chi connectivity index (χ4n) is 5.36. The first-order valence-electron chi connectivity index (χ1n) is 13.1. The highest BCUT2D eigenvalue weighted by atomic mass is 31.2. The van der Waals surface area contributed by atoms with E-state index in [1.165, 1.54) is 28.1 Å². The Bertz CT molecular complexity index is 1870. The lowest BCUT2D eigenvalue weighted by Crippen LogP contribution is -2.35. The second kappa shape index (κ2) is 10.9. The molecular formula is C21H26N10O11P2. The molecule has 0 saturated carbocycles. The topological polar surface area (TPSA) is 289 Å². The number of nitrogen functional groups attached to an aromatic ring is 2. The lowest BCUT2D eigenvalue weighted by molar-refractivity contribution is -0.0582. The lowest BCUT2D eigenvalue weighted by atomic mass is 10.1. The van der Waals surface area contributed by atoms with Crippen molar-refractivity contribution < 1.29 is 46.9 Å². The van der Waals surface area contributed by atoms with Crippen LogP contribution in [0.1, 0.15) is 12.5 Å². The van der Waals surface area contributed by atoms with E-state index in [1.807, 2.05) is 0 Å². The molecule has 44 heavy (non-hydrogen) atoms. The van der Waals surface area contributed by atoms with E-state index in [4.69, 9.17) is 39.0 Å². The number of aromatic nitrogens is 8. The van der Waals surface area contributed by atoms with Crippen molar-refractivity contribution in [1.29, 1.82) is 0 Å². The fourth-order valence-corrected chi connectivity index (χ4v) is 7.40. The summed E-state index contributed by atoms with van der Waals surface area (Å²) < 4.78 is 63.7. The molecule has 7 N–H and O–H groups in total. The van der Waals surface area contributed by atoms with Crippen molar-refractivity contribution in [2.75, 3.05) is 31.3 Å². The first-order chi connectivity index (χ1) is 21.0. The lowest BCUT2D eigenvalue weighted by Gasteiger charge is -2.26. The summed E-state index contributed by atoms with van der Waals surface area (Å²) in [6.45, 7) is 0.231. The maximum absolute atomic E-state index is 13.6. The SMILES string of the molecule is C[P@]1(=O)OCC2OC(n3cnc4c(N)ncnc43)C(O)C2O[PH](=O)OCC2O[C@@H](n3cnc4c(=O)[nH]c(N)nc43)C(O1)C2O. The van der Waals surface area contributed by atoms with Crippen LogP contribution in [-0.2, 0) is 36.7 Å². The van der Waals surface area contributed by atoms with Crippen LogP contribution in [0.4, 0.5) is 11.8 Å². The van der Waals surface area contributed by atoms with Crippen molar-refractivity contribution in [3.05, 3.63) is 29.3 Å². The van der Waals surface area contributed by atoms with E-state index in [1.54, 1.807) is 0 Å². The third kappa shape index (κ3) is 5.00. The second-order valence-corrected chi connectivity index (χ2v) is 13.3. The van der Waals surface area contributed by atoms with Gasteiger partial charge >= 0.3 is 15.9 Å². The van der Waals surface area contributed by atoms with Gasteiger partial charge in [-0.15, -0.1) is 0 Å². The van der Waals surface area contributed by atoms with Gasteiger partial charge in [-0.2, -0.15) is 4.98 Å². The molecule has 0 amide bonds. The zero-order valence-electron chi connectivity index (χ0n) is 22.6. The molecule has 3 aliphatic rings. The molecule has 236 valence electrons. The summed E-state index contributed by atoms with van der Waals surface area (Å²) in [4.78, 5) is 35.0. The Morgan fingerprint density at radius 2 is 1.70 bits per heavy atom. The number of hydrogen-bond donors (Lipinski definition) is 5. The molecule has 4 aromatic heterocycles. The monoisotopic (exact) mass is 656 g/mol. The normalized spacial score (nSPS) is 36.6. The summed E-state index contributed by atoms with van der Waals surface area (Å²) in [7, 11) is -7.39. The Morgan fingerprint density at radius 3 is 2.50 bits per heavy atom. The Kier molecular flexibility index (Phi) is 7.28. The quantitative estimate of drug-likeness (QED) is 0.156. The van der Waals surface area contributed by atoms with Crippen molar-refractivity contribution in [2.45, 2.75) is 49.1 Å². The number of anilines is 2. The first kappa shape index (κ1) is 29.4. The molecule has 0 aliphatic carbocycles. The van der Waals surface area contributed by atoms with Gasteiger partial charge in [0.05, 0.1) is 25.9 Å². The minimum atomic E-state index is -4.04. The van der Waals surface area contributed by atoms with Gasteiger partial charge in [-0.1, -0.05) is 0 Å². The van der Waals surface area contributed by atoms with Crippen molar-refractivity contribution in [3.8, 4) is 0 Å². The predicted molar refractivity (Wildman–Crippen MR) is 146 cm³/mol. The minimum Gasteiger partial charge on any atom is -0.387 e. The van der Waals surface area contributed by atoms with Gasteiger partial charge in [0.25, 0.3) is 5.56 Å². The van der Waals surface area contributed by atoms with Gasteiger partial charge in [-0.3, -0.25) is 32.6 Å². The molecular weight excluding hydrogens is 630 g/mol. The molecule has 7 heterocycles. The second-order valence-electron chi connectivity index (χ2n) is 10.3. The van der Waals surface area contributed by atoms with Crippen molar-refractivity contribution in [3.63, 3.8) is 0 Å². The molecule has 0 radical (unpaired) electrons. The number of nitrogens with two attached hydrogens (primary N) is 2. The number of fused-ring (bicyclic) bond motifs is 5. The predicted octanol–water partition coefficient (Wildman–Crippen LogP) is -1.33. The van der Waals surface area contributed by atoms with E-state index in [0.717, 1.165) is 6.66 Å². The number of aromatic amines is 1. The van der Waals surface area contributed by atoms with Crippen molar-refractivity contribution >= 4 is 49.9 Å². The summed E-state index contributed by atoms with van der Waals surface area (Å²) in [5.41, 5.74) is 11.4. The van der Waals surface area contributed by atoms with Gasteiger partial charge in [-0.25, -0.2) is 19.9 Å². The highest BCUT2D eigenvalue weighted by Crippen LogP contribution is 2.51. The Balaban J connectivity index is 1.18. The number of aliphatic hydroxyl groups is 2. The van der Waals surface area contributed by atoms with E-state index >= 15 is 0 Å². The van der Waals surface area contributed by atoms with E-state index in [9.17, 15) is 24.1 Å². The minimum absolute atomic E-state index is 0.00442. The van der Waals surface area contributed by atoms with Crippen LogP contribution in [0.3, 0.4) is 0 Å².